The van der Waals surface area contributed by atoms with E-state index in [9.17, 15) is 5.11 Å². The fraction of sp³-hybridized carbons (Fsp3) is 0.600. The topological polar surface area (TPSA) is 32.7 Å². The summed E-state index contributed by atoms with van der Waals surface area (Å²) in [6.07, 6.45) is 1.89. The zero-order chi connectivity index (χ0) is 13.3. The van der Waals surface area contributed by atoms with Crippen molar-refractivity contribution < 1.29 is 9.84 Å². The van der Waals surface area contributed by atoms with Gasteiger partial charge in [-0.05, 0) is 37.1 Å². The minimum absolute atomic E-state index is 0.355. The van der Waals surface area contributed by atoms with Crippen molar-refractivity contribution >= 4 is 11.6 Å². The number of aliphatic hydroxyl groups is 1. The number of rotatable bonds is 3. The third-order valence-corrected chi connectivity index (χ3v) is 4.60. The second-order valence-corrected chi connectivity index (χ2v) is 6.29. The third kappa shape index (κ3) is 2.95. The smallest absolute Gasteiger partial charge is 0.0917 e. The Bertz CT molecular complexity index is 446. The molecule has 2 aliphatic heterocycles. The van der Waals surface area contributed by atoms with Gasteiger partial charge in [-0.1, -0.05) is 23.7 Å². The van der Waals surface area contributed by atoms with Gasteiger partial charge in [0.25, 0.3) is 0 Å². The van der Waals surface area contributed by atoms with Gasteiger partial charge in [0.1, 0.15) is 0 Å². The van der Waals surface area contributed by atoms with Crippen LogP contribution in [0.2, 0.25) is 5.02 Å². The van der Waals surface area contributed by atoms with Crippen LogP contribution in [-0.2, 0) is 4.74 Å². The predicted molar refractivity (Wildman–Crippen MR) is 75.3 cm³/mol. The maximum atomic E-state index is 10.3. The first-order valence-electron chi connectivity index (χ1n) is 6.91. The van der Waals surface area contributed by atoms with Crippen LogP contribution >= 0.6 is 11.6 Å². The summed E-state index contributed by atoms with van der Waals surface area (Å²) < 4.78 is 5.53. The van der Waals surface area contributed by atoms with E-state index in [1.165, 1.54) is 6.42 Å². The number of likely N-dealkylation sites (tertiary alicyclic amines) is 1. The summed E-state index contributed by atoms with van der Waals surface area (Å²) in [5.41, 5.74) is 1.25. The summed E-state index contributed by atoms with van der Waals surface area (Å²) >= 11 is 5.96. The summed E-state index contributed by atoms with van der Waals surface area (Å²) in [5.74, 6) is 0. The van der Waals surface area contributed by atoms with Gasteiger partial charge in [0, 0.05) is 30.1 Å². The number of nitrogens with zero attached hydrogens (tertiary/aromatic N) is 1. The van der Waals surface area contributed by atoms with Crippen LogP contribution in [0.5, 0.6) is 0 Å². The molecule has 0 bridgehead atoms. The van der Waals surface area contributed by atoms with Crippen LogP contribution < -0.4 is 0 Å². The standard InChI is InChI=1S/C15H20ClNO2/c16-13-3-1-2-12(8-13)14(18)9-17-6-4-15(10-17)5-7-19-11-15/h1-3,8,14,18H,4-7,9-11H2. The highest BCUT2D eigenvalue weighted by atomic mass is 35.5. The van der Waals surface area contributed by atoms with Crippen molar-refractivity contribution in [1.82, 2.24) is 4.90 Å². The lowest BCUT2D eigenvalue weighted by Crippen LogP contribution is -2.30. The van der Waals surface area contributed by atoms with Crippen molar-refractivity contribution in [2.45, 2.75) is 18.9 Å². The molecule has 104 valence electrons. The molecule has 2 heterocycles. The van der Waals surface area contributed by atoms with E-state index in [1.54, 1.807) is 0 Å². The molecule has 0 radical (unpaired) electrons. The van der Waals surface area contributed by atoms with Crippen molar-refractivity contribution in [3.05, 3.63) is 34.9 Å². The lowest BCUT2D eigenvalue weighted by Gasteiger charge is -2.24. The van der Waals surface area contributed by atoms with Gasteiger partial charge in [-0.15, -0.1) is 0 Å². The van der Waals surface area contributed by atoms with Crippen molar-refractivity contribution in [3.63, 3.8) is 0 Å². The van der Waals surface area contributed by atoms with E-state index in [4.69, 9.17) is 16.3 Å². The molecule has 0 aliphatic carbocycles. The highest BCUT2D eigenvalue weighted by molar-refractivity contribution is 6.30. The van der Waals surface area contributed by atoms with E-state index >= 15 is 0 Å². The van der Waals surface area contributed by atoms with E-state index in [-0.39, 0.29) is 0 Å². The fourth-order valence-electron chi connectivity index (χ4n) is 3.22. The van der Waals surface area contributed by atoms with Gasteiger partial charge in [0.05, 0.1) is 12.7 Å². The van der Waals surface area contributed by atoms with Crippen LogP contribution in [0.25, 0.3) is 0 Å². The number of β-amino-alcohol motifs (C(OH)–C–C–N with tert-alkyl or cyclic N) is 1. The second kappa shape index (κ2) is 5.41. The van der Waals surface area contributed by atoms with E-state index in [1.807, 2.05) is 24.3 Å². The molecule has 1 spiro atoms. The molecule has 4 heteroatoms. The molecule has 1 aromatic rings. The molecular formula is C15H20ClNO2. The second-order valence-electron chi connectivity index (χ2n) is 5.86. The summed E-state index contributed by atoms with van der Waals surface area (Å²) in [6, 6.07) is 7.49. The molecular weight excluding hydrogens is 262 g/mol. The average molecular weight is 282 g/mol. The van der Waals surface area contributed by atoms with Gasteiger partial charge < -0.3 is 9.84 Å². The Balaban J connectivity index is 1.60. The lowest BCUT2D eigenvalue weighted by atomic mass is 9.87. The van der Waals surface area contributed by atoms with Crippen LogP contribution in [0.4, 0.5) is 0 Å². The quantitative estimate of drug-likeness (QED) is 0.924. The molecule has 3 nitrogen and oxygen atoms in total. The predicted octanol–water partition coefficient (Wildman–Crippen LogP) is 2.49. The molecule has 2 unspecified atom stereocenters. The molecule has 1 aromatic carbocycles. The van der Waals surface area contributed by atoms with Crippen LogP contribution in [0.3, 0.4) is 0 Å². The molecule has 3 rings (SSSR count). The van der Waals surface area contributed by atoms with Crippen LogP contribution in [0, 0.1) is 5.41 Å². The maximum absolute atomic E-state index is 10.3. The molecule has 2 saturated heterocycles. The molecule has 0 saturated carbocycles. The van der Waals surface area contributed by atoms with E-state index in [0.717, 1.165) is 38.3 Å². The first-order chi connectivity index (χ1) is 9.17. The van der Waals surface area contributed by atoms with Gasteiger partial charge in [0.15, 0.2) is 0 Å². The number of aliphatic hydroxyl groups excluding tert-OH is 1. The van der Waals surface area contributed by atoms with Gasteiger partial charge in [-0.3, -0.25) is 4.90 Å². The van der Waals surface area contributed by atoms with Crippen LogP contribution in [0.15, 0.2) is 24.3 Å². The highest BCUT2D eigenvalue weighted by Gasteiger charge is 2.41. The molecule has 19 heavy (non-hydrogen) atoms. The highest BCUT2D eigenvalue weighted by Crippen LogP contribution is 2.38. The zero-order valence-electron chi connectivity index (χ0n) is 11.0. The lowest BCUT2D eigenvalue weighted by molar-refractivity contribution is 0.112. The van der Waals surface area contributed by atoms with Crippen LogP contribution in [-0.4, -0.2) is 42.9 Å². The largest absolute Gasteiger partial charge is 0.387 e. The van der Waals surface area contributed by atoms with Gasteiger partial charge in [-0.2, -0.15) is 0 Å². The Morgan fingerprint density at radius 2 is 2.32 bits per heavy atom. The maximum Gasteiger partial charge on any atom is 0.0917 e. The minimum Gasteiger partial charge on any atom is -0.387 e. The summed E-state index contributed by atoms with van der Waals surface area (Å²) in [6.45, 7) is 4.56. The molecule has 2 atom stereocenters. The molecule has 2 fully saturated rings. The Hall–Kier alpha value is -0.610. The summed E-state index contributed by atoms with van der Waals surface area (Å²) in [7, 11) is 0. The SMILES string of the molecule is OC(CN1CCC2(CCOC2)C1)c1cccc(Cl)c1. The molecule has 2 aliphatic rings. The molecule has 0 aromatic heterocycles. The van der Waals surface area contributed by atoms with E-state index in [2.05, 4.69) is 4.90 Å². The Morgan fingerprint density at radius 3 is 3.05 bits per heavy atom. The van der Waals surface area contributed by atoms with Crippen molar-refractivity contribution in [3.8, 4) is 0 Å². The van der Waals surface area contributed by atoms with Crippen molar-refractivity contribution in [2.75, 3.05) is 32.8 Å². The van der Waals surface area contributed by atoms with Crippen molar-refractivity contribution in [1.29, 1.82) is 0 Å². The number of ether oxygens (including phenoxy) is 1. The van der Waals surface area contributed by atoms with Crippen molar-refractivity contribution in [2.24, 2.45) is 5.41 Å². The Labute approximate surface area is 119 Å². The zero-order valence-corrected chi connectivity index (χ0v) is 11.8. The Kier molecular flexibility index (Phi) is 3.81. The number of halogens is 1. The van der Waals surface area contributed by atoms with Gasteiger partial charge >= 0.3 is 0 Å². The van der Waals surface area contributed by atoms with Gasteiger partial charge in [0.2, 0.25) is 0 Å². The normalized spacial score (nSPS) is 29.2. The van der Waals surface area contributed by atoms with Crippen LogP contribution in [0.1, 0.15) is 24.5 Å². The number of hydrogen-bond acceptors (Lipinski definition) is 3. The Morgan fingerprint density at radius 1 is 1.42 bits per heavy atom. The first-order valence-corrected chi connectivity index (χ1v) is 7.28. The van der Waals surface area contributed by atoms with E-state index < -0.39 is 6.10 Å². The molecule has 1 N–H and O–H groups in total. The van der Waals surface area contributed by atoms with Gasteiger partial charge in [-0.25, -0.2) is 0 Å². The summed E-state index contributed by atoms with van der Waals surface area (Å²) in [4.78, 5) is 2.35. The average Bonchev–Trinajstić information content (AvgIpc) is 3.00. The first kappa shape index (κ1) is 13.4. The minimum atomic E-state index is -0.462. The third-order valence-electron chi connectivity index (χ3n) is 4.37. The monoisotopic (exact) mass is 281 g/mol. The number of benzene rings is 1. The van der Waals surface area contributed by atoms with E-state index in [0.29, 0.717) is 17.0 Å². The number of hydrogen-bond donors (Lipinski definition) is 1. The molecule has 0 amide bonds. The summed E-state index contributed by atoms with van der Waals surface area (Å²) in [5, 5.41) is 11.0. The fourth-order valence-corrected chi connectivity index (χ4v) is 3.42.